The van der Waals surface area contributed by atoms with E-state index in [1.807, 2.05) is 0 Å². The van der Waals surface area contributed by atoms with Crippen molar-refractivity contribution in [1.82, 2.24) is 9.88 Å². The maximum Gasteiger partial charge on any atom is 0.490 e. The summed E-state index contributed by atoms with van der Waals surface area (Å²) in [6.07, 6.45) is -2.83. The van der Waals surface area contributed by atoms with E-state index in [1.165, 1.54) is 22.3 Å². The number of alkyl halides is 3. The summed E-state index contributed by atoms with van der Waals surface area (Å²) < 4.78 is 35.4. The molecule has 0 amide bonds. The number of rotatable bonds is 5. The van der Waals surface area contributed by atoms with Crippen molar-refractivity contribution in [3.05, 3.63) is 64.3 Å². The first-order valence-electron chi connectivity index (χ1n) is 9.86. The largest absolute Gasteiger partial charge is 0.490 e. The number of hydrogen-bond acceptors (Lipinski definition) is 3. The van der Waals surface area contributed by atoms with E-state index < -0.39 is 12.1 Å². The third kappa shape index (κ3) is 6.01. The molecule has 0 spiro atoms. The van der Waals surface area contributed by atoms with Crippen molar-refractivity contribution >= 4 is 38.5 Å². The molecule has 1 aromatic heterocycles. The lowest BCUT2D eigenvalue weighted by Crippen LogP contribution is -2.25. The molecule has 5 nitrogen and oxygen atoms in total. The number of fused-ring (bicyclic) bond motifs is 3. The van der Waals surface area contributed by atoms with Crippen LogP contribution >= 0.6 is 15.9 Å². The fourth-order valence-electron chi connectivity index (χ4n) is 3.62. The maximum atomic E-state index is 10.6. The Kier molecular flexibility index (Phi) is 7.61. The Morgan fingerprint density at radius 3 is 2.52 bits per heavy atom. The molecule has 1 aliphatic heterocycles. The summed E-state index contributed by atoms with van der Waals surface area (Å²) in [5.41, 5.74) is 5.59. The van der Waals surface area contributed by atoms with Crippen LogP contribution in [0.15, 0.2) is 53.0 Å². The maximum absolute atomic E-state index is 10.6. The number of nitrogens with zero attached hydrogens (tertiary/aromatic N) is 1. The highest BCUT2D eigenvalue weighted by molar-refractivity contribution is 9.10. The van der Waals surface area contributed by atoms with Crippen molar-refractivity contribution < 1.29 is 23.1 Å². The normalized spacial score (nSPS) is 13.3. The quantitative estimate of drug-likeness (QED) is 0.424. The molecule has 4 rings (SSSR count). The molecule has 0 saturated carbocycles. The van der Waals surface area contributed by atoms with Gasteiger partial charge in [-0.15, -0.1) is 0 Å². The van der Waals surface area contributed by atoms with Gasteiger partial charge in [-0.1, -0.05) is 34.1 Å². The summed E-state index contributed by atoms with van der Waals surface area (Å²) in [7, 11) is 0. The van der Waals surface area contributed by atoms with Gasteiger partial charge in [0.05, 0.1) is 0 Å². The molecule has 166 valence electrons. The Bertz CT molecular complexity index is 1030. The minimum absolute atomic E-state index is 0.982. The molecule has 0 unspecified atom stereocenters. The predicted molar refractivity (Wildman–Crippen MR) is 118 cm³/mol. The fraction of sp³-hybridized carbons (Fsp3) is 0.318. The van der Waals surface area contributed by atoms with Crippen LogP contribution in [-0.4, -0.2) is 34.9 Å². The molecule has 1 aliphatic rings. The van der Waals surface area contributed by atoms with Crippen molar-refractivity contribution in [3.8, 4) is 0 Å². The third-order valence-electron chi connectivity index (χ3n) is 5.01. The molecule has 3 N–H and O–H groups in total. The van der Waals surface area contributed by atoms with Gasteiger partial charge in [-0.3, -0.25) is 0 Å². The average Bonchev–Trinajstić information content (AvgIpc) is 3.06. The van der Waals surface area contributed by atoms with Crippen LogP contribution in [0.4, 0.5) is 18.9 Å². The summed E-state index contributed by atoms with van der Waals surface area (Å²) in [5, 5.41) is 15.6. The van der Waals surface area contributed by atoms with E-state index in [2.05, 4.69) is 79.7 Å². The van der Waals surface area contributed by atoms with Crippen LogP contribution < -0.4 is 10.6 Å². The number of hydrogen-bond donors (Lipinski definition) is 3. The highest BCUT2D eigenvalue weighted by Crippen LogP contribution is 2.28. The zero-order valence-corrected chi connectivity index (χ0v) is 18.3. The molecule has 2 aromatic carbocycles. The second-order valence-corrected chi connectivity index (χ2v) is 8.03. The number of carboxylic acids is 1. The van der Waals surface area contributed by atoms with Gasteiger partial charge in [-0.05, 0) is 55.3 Å². The molecule has 0 bridgehead atoms. The predicted octanol–water partition coefficient (Wildman–Crippen LogP) is 5.19. The van der Waals surface area contributed by atoms with Gasteiger partial charge in [0.25, 0.3) is 0 Å². The number of halogens is 4. The number of benzene rings is 2. The van der Waals surface area contributed by atoms with Crippen molar-refractivity contribution in [3.63, 3.8) is 0 Å². The van der Waals surface area contributed by atoms with E-state index in [-0.39, 0.29) is 0 Å². The molecule has 0 radical (unpaired) electrons. The van der Waals surface area contributed by atoms with Crippen LogP contribution in [0.2, 0.25) is 0 Å². The Labute approximate surface area is 186 Å². The summed E-state index contributed by atoms with van der Waals surface area (Å²) in [6.45, 7) is 4.12. The van der Waals surface area contributed by atoms with Crippen LogP contribution in [0.3, 0.4) is 0 Å². The van der Waals surface area contributed by atoms with Crippen LogP contribution in [0, 0.1) is 0 Å². The van der Waals surface area contributed by atoms with Gasteiger partial charge in [0.15, 0.2) is 0 Å². The first-order valence-corrected chi connectivity index (χ1v) is 10.7. The minimum atomic E-state index is -5.08. The lowest BCUT2D eigenvalue weighted by Gasteiger charge is -2.17. The van der Waals surface area contributed by atoms with Gasteiger partial charge in [-0.25, -0.2) is 4.79 Å². The number of anilines is 1. The standard InChI is InChI=1S/C20H22BrN3.C2HF3O2/c21-15-6-8-16(9-7-15)23-11-3-13-24-19-5-2-1-4-17(19)18-10-12-22-14-20(18)24;3-2(4,5)1(6)7/h1-2,4-9,22-23H,3,10-14H2;(H,6,7). The first-order chi connectivity index (χ1) is 14.8. The molecule has 31 heavy (non-hydrogen) atoms. The zero-order valence-electron chi connectivity index (χ0n) is 16.7. The molecule has 0 aliphatic carbocycles. The highest BCUT2D eigenvalue weighted by atomic mass is 79.9. The van der Waals surface area contributed by atoms with E-state index in [0.29, 0.717) is 0 Å². The number of carboxylic acid groups (broad SMARTS) is 1. The highest BCUT2D eigenvalue weighted by Gasteiger charge is 2.38. The van der Waals surface area contributed by atoms with Crippen LogP contribution in [0.25, 0.3) is 10.9 Å². The topological polar surface area (TPSA) is 66.3 Å². The lowest BCUT2D eigenvalue weighted by atomic mass is 10.1. The molecule has 0 atom stereocenters. The smallest absolute Gasteiger partial charge is 0.475 e. The Morgan fingerprint density at radius 1 is 1.16 bits per heavy atom. The van der Waals surface area contributed by atoms with Crippen molar-refractivity contribution in [2.45, 2.75) is 32.1 Å². The van der Waals surface area contributed by atoms with Crippen molar-refractivity contribution in [2.24, 2.45) is 0 Å². The van der Waals surface area contributed by atoms with Gasteiger partial charge < -0.3 is 20.3 Å². The zero-order chi connectivity index (χ0) is 22.4. The second kappa shape index (κ2) is 10.2. The molecule has 2 heterocycles. The fourth-order valence-corrected chi connectivity index (χ4v) is 3.89. The van der Waals surface area contributed by atoms with Gasteiger partial charge in [-0.2, -0.15) is 13.2 Å². The van der Waals surface area contributed by atoms with Gasteiger partial charge in [0.1, 0.15) is 0 Å². The number of aryl methyl sites for hydroxylation is 1. The Balaban J connectivity index is 0.000000339. The van der Waals surface area contributed by atoms with E-state index in [9.17, 15) is 13.2 Å². The van der Waals surface area contributed by atoms with E-state index in [0.717, 1.165) is 43.5 Å². The summed E-state index contributed by atoms with van der Waals surface area (Å²) in [4.78, 5) is 8.90. The molecular weight excluding hydrogens is 475 g/mol. The minimum Gasteiger partial charge on any atom is -0.475 e. The number of carbonyl (C=O) groups is 1. The SMILES string of the molecule is Brc1ccc(NCCCn2c3c(c4ccccc42)CCNC3)cc1.O=C(O)C(F)(F)F. The molecular formula is C22H23BrF3N3O2. The summed E-state index contributed by atoms with van der Waals surface area (Å²) in [6, 6.07) is 17.2. The number of nitrogens with one attached hydrogen (secondary N) is 2. The number of aliphatic carboxylic acids is 1. The average molecular weight is 498 g/mol. The lowest BCUT2D eigenvalue weighted by molar-refractivity contribution is -0.192. The van der Waals surface area contributed by atoms with Crippen LogP contribution in [-0.2, 0) is 24.3 Å². The van der Waals surface area contributed by atoms with Gasteiger partial charge in [0.2, 0.25) is 0 Å². The number of aromatic nitrogens is 1. The molecule has 0 fully saturated rings. The Hall–Kier alpha value is -2.52. The van der Waals surface area contributed by atoms with Crippen LogP contribution in [0.1, 0.15) is 17.7 Å². The second-order valence-electron chi connectivity index (χ2n) is 7.11. The molecule has 0 saturated heterocycles. The summed E-state index contributed by atoms with van der Waals surface area (Å²) >= 11 is 3.47. The third-order valence-corrected chi connectivity index (χ3v) is 5.54. The van der Waals surface area contributed by atoms with Gasteiger partial charge in [0, 0.05) is 46.4 Å². The summed E-state index contributed by atoms with van der Waals surface area (Å²) in [5.74, 6) is -2.76. The number of para-hydroxylation sites is 1. The first kappa shape index (κ1) is 23.1. The van der Waals surface area contributed by atoms with Crippen LogP contribution in [0.5, 0.6) is 0 Å². The Morgan fingerprint density at radius 2 is 1.84 bits per heavy atom. The van der Waals surface area contributed by atoms with Crippen molar-refractivity contribution in [1.29, 1.82) is 0 Å². The van der Waals surface area contributed by atoms with Gasteiger partial charge >= 0.3 is 12.1 Å². The molecule has 3 aromatic rings. The monoisotopic (exact) mass is 497 g/mol. The van der Waals surface area contributed by atoms with E-state index in [1.54, 1.807) is 5.56 Å². The van der Waals surface area contributed by atoms with Crippen molar-refractivity contribution in [2.75, 3.05) is 18.4 Å². The van der Waals surface area contributed by atoms with E-state index >= 15 is 0 Å². The molecule has 9 heteroatoms. The van der Waals surface area contributed by atoms with E-state index in [4.69, 9.17) is 9.90 Å².